The van der Waals surface area contributed by atoms with Gasteiger partial charge < -0.3 is 4.57 Å². The van der Waals surface area contributed by atoms with Gasteiger partial charge in [-0.3, -0.25) is 10.0 Å². The van der Waals surface area contributed by atoms with E-state index in [0.29, 0.717) is 12.1 Å². The zero-order valence-electron chi connectivity index (χ0n) is 14.0. The molecule has 0 bridgehead atoms. The summed E-state index contributed by atoms with van der Waals surface area (Å²) < 4.78 is 2.09. The molecule has 2 heterocycles. The first-order valence-corrected chi connectivity index (χ1v) is 8.29. The molecule has 4 aromatic rings. The minimum Gasteiger partial charge on any atom is -0.328 e. The lowest BCUT2D eigenvalue weighted by atomic mass is 10.0. The van der Waals surface area contributed by atoms with Crippen molar-refractivity contribution in [2.45, 2.75) is 6.54 Å². The van der Waals surface area contributed by atoms with Crippen LogP contribution in [0.5, 0.6) is 0 Å². The first-order valence-electron chi connectivity index (χ1n) is 8.29. The molecule has 0 aliphatic heterocycles. The number of carbonyl (C=O) groups is 1. The van der Waals surface area contributed by atoms with Crippen molar-refractivity contribution in [1.82, 2.24) is 15.0 Å². The molecule has 0 fully saturated rings. The third-order valence-corrected chi connectivity index (χ3v) is 4.42. The van der Waals surface area contributed by atoms with Crippen molar-refractivity contribution in [3.63, 3.8) is 0 Å². The van der Waals surface area contributed by atoms with Crippen LogP contribution in [0.1, 0.15) is 15.9 Å². The Morgan fingerprint density at radius 3 is 2.50 bits per heavy atom. The Morgan fingerprint density at radius 2 is 1.77 bits per heavy atom. The molecule has 0 saturated carbocycles. The molecule has 0 atom stereocenters. The van der Waals surface area contributed by atoms with Gasteiger partial charge in [0.2, 0.25) is 0 Å². The van der Waals surface area contributed by atoms with Crippen molar-refractivity contribution < 1.29 is 10.0 Å². The Hall–Kier alpha value is -3.44. The third-order valence-electron chi connectivity index (χ3n) is 4.42. The topological polar surface area (TPSA) is 67.2 Å². The number of pyridine rings is 1. The van der Waals surface area contributed by atoms with Crippen molar-refractivity contribution >= 4 is 16.9 Å². The Balaban J connectivity index is 1.67. The van der Waals surface area contributed by atoms with Gasteiger partial charge in [-0.15, -0.1) is 0 Å². The van der Waals surface area contributed by atoms with E-state index in [1.165, 1.54) is 0 Å². The molecule has 26 heavy (non-hydrogen) atoms. The summed E-state index contributed by atoms with van der Waals surface area (Å²) >= 11 is 0. The van der Waals surface area contributed by atoms with Gasteiger partial charge in [0.1, 0.15) is 5.65 Å². The molecule has 5 nitrogen and oxygen atoms in total. The Kier molecular flexibility index (Phi) is 4.21. The summed E-state index contributed by atoms with van der Waals surface area (Å²) in [6, 6.07) is 21.5. The van der Waals surface area contributed by atoms with E-state index in [9.17, 15) is 4.79 Å². The zero-order chi connectivity index (χ0) is 17.9. The van der Waals surface area contributed by atoms with E-state index >= 15 is 0 Å². The van der Waals surface area contributed by atoms with Crippen molar-refractivity contribution in [3.8, 4) is 11.1 Å². The highest BCUT2D eigenvalue weighted by molar-refractivity contribution is 5.94. The quantitative estimate of drug-likeness (QED) is 0.437. The molecule has 0 aliphatic rings. The summed E-state index contributed by atoms with van der Waals surface area (Å²) in [7, 11) is 0. The van der Waals surface area contributed by atoms with E-state index in [-0.39, 0.29) is 0 Å². The Bertz CT molecular complexity index is 1050. The molecule has 0 spiro atoms. The average molecular weight is 343 g/mol. The van der Waals surface area contributed by atoms with E-state index in [0.717, 1.165) is 27.7 Å². The second-order valence-corrected chi connectivity index (χ2v) is 6.04. The first-order chi connectivity index (χ1) is 12.8. The van der Waals surface area contributed by atoms with E-state index in [4.69, 9.17) is 5.21 Å². The number of rotatable bonds is 4. The highest BCUT2D eigenvalue weighted by Gasteiger charge is 2.09. The second-order valence-electron chi connectivity index (χ2n) is 6.04. The van der Waals surface area contributed by atoms with Gasteiger partial charge in [-0.05, 0) is 41.0 Å². The fraction of sp³-hybridized carbons (Fsp3) is 0.0476. The number of nitrogens with zero attached hydrogens (tertiary/aromatic N) is 2. The predicted octanol–water partition coefficient (Wildman–Crippen LogP) is 3.87. The molecular formula is C21H17N3O2. The lowest BCUT2D eigenvalue weighted by Crippen LogP contribution is -2.18. The molecule has 2 aromatic carbocycles. The molecule has 128 valence electrons. The van der Waals surface area contributed by atoms with E-state index in [1.54, 1.807) is 17.6 Å². The van der Waals surface area contributed by atoms with Gasteiger partial charge in [0.15, 0.2) is 0 Å². The molecule has 0 aliphatic carbocycles. The first kappa shape index (κ1) is 16.1. The lowest BCUT2D eigenvalue weighted by Gasteiger charge is -2.08. The van der Waals surface area contributed by atoms with E-state index in [1.807, 2.05) is 48.8 Å². The van der Waals surface area contributed by atoms with Crippen LogP contribution in [0.4, 0.5) is 0 Å². The van der Waals surface area contributed by atoms with E-state index in [2.05, 4.69) is 27.8 Å². The average Bonchev–Trinajstić information content (AvgIpc) is 3.11. The minimum absolute atomic E-state index is 0.415. The van der Waals surface area contributed by atoms with Crippen LogP contribution in [-0.4, -0.2) is 20.7 Å². The maximum atomic E-state index is 11.4. The maximum Gasteiger partial charge on any atom is 0.274 e. The SMILES string of the molecule is O=C(NO)c1ccc(Cn2ccc3c(-c4ccccc4)ccnc32)cc1. The number of amides is 1. The zero-order valence-corrected chi connectivity index (χ0v) is 14.0. The van der Waals surface area contributed by atoms with Crippen LogP contribution in [0.3, 0.4) is 0 Å². The largest absolute Gasteiger partial charge is 0.328 e. The summed E-state index contributed by atoms with van der Waals surface area (Å²) in [6.45, 7) is 0.649. The molecule has 1 amide bonds. The van der Waals surface area contributed by atoms with Gasteiger partial charge in [0.25, 0.3) is 5.91 Å². The summed E-state index contributed by atoms with van der Waals surface area (Å²) in [6.07, 6.45) is 3.86. The second kappa shape index (κ2) is 6.82. The highest BCUT2D eigenvalue weighted by atomic mass is 16.5. The van der Waals surface area contributed by atoms with Crippen LogP contribution in [0, 0.1) is 0 Å². The number of hydroxylamine groups is 1. The smallest absolute Gasteiger partial charge is 0.274 e. The number of aromatic nitrogens is 2. The molecule has 0 radical (unpaired) electrons. The maximum absolute atomic E-state index is 11.4. The molecule has 0 unspecified atom stereocenters. The normalized spacial score (nSPS) is 10.8. The number of hydrogen-bond acceptors (Lipinski definition) is 3. The van der Waals surface area contributed by atoms with Crippen molar-refractivity contribution in [2.75, 3.05) is 0 Å². The standard InChI is InChI=1S/C21H17N3O2/c25-21(23-26)17-8-6-15(7-9-17)14-24-13-11-19-18(10-12-22-20(19)24)16-4-2-1-3-5-16/h1-13,26H,14H2,(H,23,25). The number of benzene rings is 2. The molecule has 2 aromatic heterocycles. The monoisotopic (exact) mass is 343 g/mol. The molecule has 2 N–H and O–H groups in total. The fourth-order valence-corrected chi connectivity index (χ4v) is 3.11. The summed E-state index contributed by atoms with van der Waals surface area (Å²) in [5.74, 6) is -0.517. The summed E-state index contributed by atoms with van der Waals surface area (Å²) in [4.78, 5) is 16.0. The van der Waals surface area contributed by atoms with Gasteiger partial charge >= 0.3 is 0 Å². The van der Waals surface area contributed by atoms with Crippen molar-refractivity contribution in [2.24, 2.45) is 0 Å². The Labute approximate surface area is 150 Å². The fourth-order valence-electron chi connectivity index (χ4n) is 3.11. The van der Waals surface area contributed by atoms with Gasteiger partial charge in [-0.1, -0.05) is 42.5 Å². The van der Waals surface area contributed by atoms with Crippen LogP contribution < -0.4 is 5.48 Å². The molecular weight excluding hydrogens is 326 g/mol. The van der Waals surface area contributed by atoms with Crippen molar-refractivity contribution in [3.05, 3.63) is 90.3 Å². The van der Waals surface area contributed by atoms with Gasteiger partial charge in [0, 0.05) is 29.9 Å². The van der Waals surface area contributed by atoms with Gasteiger partial charge in [0.05, 0.1) is 0 Å². The number of carbonyl (C=O) groups excluding carboxylic acids is 1. The lowest BCUT2D eigenvalue weighted by molar-refractivity contribution is 0.0706. The van der Waals surface area contributed by atoms with Gasteiger partial charge in [-0.2, -0.15) is 0 Å². The van der Waals surface area contributed by atoms with Crippen molar-refractivity contribution in [1.29, 1.82) is 0 Å². The van der Waals surface area contributed by atoms with Crippen LogP contribution in [0.15, 0.2) is 79.1 Å². The molecule has 0 saturated heterocycles. The highest BCUT2D eigenvalue weighted by Crippen LogP contribution is 2.28. The Morgan fingerprint density at radius 1 is 1.00 bits per heavy atom. The van der Waals surface area contributed by atoms with Crippen LogP contribution >= 0.6 is 0 Å². The molecule has 4 rings (SSSR count). The predicted molar refractivity (Wildman–Crippen MR) is 100.0 cm³/mol. The van der Waals surface area contributed by atoms with E-state index < -0.39 is 5.91 Å². The molecule has 5 heteroatoms. The summed E-state index contributed by atoms with van der Waals surface area (Å²) in [5, 5.41) is 9.80. The van der Waals surface area contributed by atoms with Crippen LogP contribution in [0.2, 0.25) is 0 Å². The van der Waals surface area contributed by atoms with Gasteiger partial charge in [-0.25, -0.2) is 10.5 Å². The number of fused-ring (bicyclic) bond motifs is 1. The number of hydrogen-bond donors (Lipinski definition) is 2. The summed E-state index contributed by atoms with van der Waals surface area (Å²) in [5.41, 5.74) is 6.34. The minimum atomic E-state index is -0.517. The van der Waals surface area contributed by atoms with Crippen LogP contribution in [-0.2, 0) is 6.54 Å². The third kappa shape index (κ3) is 2.96. The van der Waals surface area contributed by atoms with Crippen LogP contribution in [0.25, 0.3) is 22.2 Å². The number of nitrogens with one attached hydrogen (secondary N) is 1.